The fraction of sp³-hybridized carbons (Fsp3) is 0.385. The first-order chi connectivity index (χ1) is 9.37. The lowest BCUT2D eigenvalue weighted by Gasteiger charge is -2.20. The van der Waals surface area contributed by atoms with E-state index in [9.17, 15) is 9.59 Å². The van der Waals surface area contributed by atoms with Crippen molar-refractivity contribution in [3.63, 3.8) is 0 Å². The molecule has 0 aliphatic carbocycles. The maximum absolute atomic E-state index is 10.4. The Morgan fingerprint density at radius 2 is 1.25 bits per heavy atom. The number of aliphatic hydroxyl groups excluding tert-OH is 3. The molecule has 0 aromatic heterocycles. The molecular formula is C13H16Br2O5. The summed E-state index contributed by atoms with van der Waals surface area (Å²) >= 11 is 6.34. The standard InChI is InChI=1S/C8H4Br2O2.C5H12O3/c9-7-1-5(3-11)8(10)2-6(7)4-12;1-5(2-6,3-7)4-8/h1-4H;6-8H,2-4H2,1H3. The summed E-state index contributed by atoms with van der Waals surface area (Å²) in [5, 5.41) is 25.4. The summed E-state index contributed by atoms with van der Waals surface area (Å²) in [6, 6.07) is 3.20. The van der Waals surface area contributed by atoms with Crippen molar-refractivity contribution in [1.29, 1.82) is 0 Å². The third-order valence-electron chi connectivity index (χ3n) is 2.52. The molecule has 0 bridgehead atoms. The van der Waals surface area contributed by atoms with Crippen LogP contribution < -0.4 is 0 Å². The topological polar surface area (TPSA) is 94.8 Å². The Kier molecular flexibility index (Phi) is 9.08. The fourth-order valence-corrected chi connectivity index (χ4v) is 1.82. The largest absolute Gasteiger partial charge is 0.396 e. The number of hydrogen-bond acceptors (Lipinski definition) is 5. The zero-order valence-corrected chi connectivity index (χ0v) is 14.0. The van der Waals surface area contributed by atoms with Gasteiger partial charge in [0.1, 0.15) is 0 Å². The molecule has 0 fully saturated rings. The summed E-state index contributed by atoms with van der Waals surface area (Å²) in [5.74, 6) is 0. The highest BCUT2D eigenvalue weighted by Gasteiger charge is 2.20. The Hall–Kier alpha value is -0.600. The SMILES string of the molecule is CC(CO)(CO)CO.O=Cc1cc(Br)c(C=O)cc1Br. The molecule has 7 heteroatoms. The highest BCUT2D eigenvalue weighted by Crippen LogP contribution is 2.23. The number of rotatable bonds is 5. The third kappa shape index (κ3) is 5.80. The molecule has 1 aromatic rings. The van der Waals surface area contributed by atoms with Gasteiger partial charge in [-0.3, -0.25) is 9.59 Å². The van der Waals surface area contributed by atoms with Gasteiger partial charge in [0.05, 0.1) is 19.8 Å². The number of halogens is 2. The van der Waals surface area contributed by atoms with Gasteiger partial charge in [0.2, 0.25) is 0 Å². The number of carbonyl (C=O) groups is 2. The average Bonchev–Trinajstić information content (AvgIpc) is 2.48. The van der Waals surface area contributed by atoms with Crippen LogP contribution in [0.4, 0.5) is 0 Å². The summed E-state index contributed by atoms with van der Waals surface area (Å²) in [7, 11) is 0. The van der Waals surface area contributed by atoms with E-state index in [-0.39, 0.29) is 19.8 Å². The Labute approximate surface area is 133 Å². The zero-order valence-electron chi connectivity index (χ0n) is 10.8. The van der Waals surface area contributed by atoms with Crippen molar-refractivity contribution < 1.29 is 24.9 Å². The molecule has 3 N–H and O–H groups in total. The lowest BCUT2D eigenvalue weighted by atomic mass is 9.95. The Bertz CT molecular complexity index is 416. The Balaban J connectivity index is 0.000000396. The van der Waals surface area contributed by atoms with Crippen molar-refractivity contribution in [2.24, 2.45) is 5.41 Å². The molecule has 1 rings (SSSR count). The monoisotopic (exact) mass is 410 g/mol. The molecule has 0 atom stereocenters. The van der Waals surface area contributed by atoms with E-state index in [1.807, 2.05) is 0 Å². The normalized spacial score (nSPS) is 10.5. The number of benzene rings is 1. The summed E-state index contributed by atoms with van der Waals surface area (Å²) in [5.41, 5.74) is 0.333. The molecule has 20 heavy (non-hydrogen) atoms. The summed E-state index contributed by atoms with van der Waals surface area (Å²) in [4.78, 5) is 20.9. The zero-order chi connectivity index (χ0) is 15.8. The van der Waals surface area contributed by atoms with Crippen LogP contribution in [0.1, 0.15) is 27.6 Å². The van der Waals surface area contributed by atoms with Gasteiger partial charge in [-0.2, -0.15) is 0 Å². The van der Waals surface area contributed by atoms with Crippen LogP contribution in [-0.2, 0) is 0 Å². The molecule has 0 saturated carbocycles. The highest BCUT2D eigenvalue weighted by molar-refractivity contribution is 9.11. The van der Waals surface area contributed by atoms with Gasteiger partial charge in [-0.15, -0.1) is 0 Å². The molecule has 0 spiro atoms. The van der Waals surface area contributed by atoms with Crippen LogP contribution >= 0.6 is 31.9 Å². The van der Waals surface area contributed by atoms with Crippen LogP contribution in [0.3, 0.4) is 0 Å². The van der Waals surface area contributed by atoms with Crippen molar-refractivity contribution in [3.8, 4) is 0 Å². The first kappa shape index (κ1) is 19.4. The molecule has 0 saturated heterocycles. The number of aliphatic hydroxyl groups is 3. The van der Waals surface area contributed by atoms with E-state index in [4.69, 9.17) is 15.3 Å². The Morgan fingerprint density at radius 1 is 0.950 bits per heavy atom. The second-order valence-electron chi connectivity index (χ2n) is 4.42. The van der Waals surface area contributed by atoms with Gasteiger partial charge < -0.3 is 15.3 Å². The lowest BCUT2D eigenvalue weighted by molar-refractivity contribution is 0.0200. The van der Waals surface area contributed by atoms with E-state index in [1.165, 1.54) is 0 Å². The van der Waals surface area contributed by atoms with Gasteiger partial charge in [-0.25, -0.2) is 0 Å². The predicted molar refractivity (Wildman–Crippen MR) is 82.0 cm³/mol. The molecule has 0 radical (unpaired) electrons. The van der Waals surface area contributed by atoms with Crippen LogP contribution in [0.15, 0.2) is 21.1 Å². The second-order valence-corrected chi connectivity index (χ2v) is 6.12. The van der Waals surface area contributed by atoms with E-state index >= 15 is 0 Å². The number of hydrogen-bond donors (Lipinski definition) is 3. The molecule has 1 aromatic carbocycles. The quantitative estimate of drug-likeness (QED) is 0.642. The van der Waals surface area contributed by atoms with Crippen molar-refractivity contribution >= 4 is 44.4 Å². The third-order valence-corrected chi connectivity index (χ3v) is 3.89. The predicted octanol–water partition coefficient (Wildman–Crippen LogP) is 1.81. The molecule has 5 nitrogen and oxygen atoms in total. The minimum Gasteiger partial charge on any atom is -0.396 e. The van der Waals surface area contributed by atoms with E-state index in [1.54, 1.807) is 19.1 Å². The number of carbonyl (C=O) groups excluding carboxylic acids is 2. The van der Waals surface area contributed by atoms with Crippen molar-refractivity contribution in [2.45, 2.75) is 6.92 Å². The summed E-state index contributed by atoms with van der Waals surface area (Å²) in [6.07, 6.45) is 1.45. The smallest absolute Gasteiger partial charge is 0.151 e. The van der Waals surface area contributed by atoms with Crippen LogP contribution in [0, 0.1) is 5.41 Å². The van der Waals surface area contributed by atoms with Crippen LogP contribution in [0.2, 0.25) is 0 Å². The molecule has 0 aliphatic heterocycles. The van der Waals surface area contributed by atoms with Gasteiger partial charge >= 0.3 is 0 Å². The van der Waals surface area contributed by atoms with Crippen molar-refractivity contribution in [3.05, 3.63) is 32.2 Å². The number of aldehydes is 2. The van der Waals surface area contributed by atoms with Crippen LogP contribution in [0.25, 0.3) is 0 Å². The summed E-state index contributed by atoms with van der Waals surface area (Å²) < 4.78 is 1.26. The molecule has 112 valence electrons. The Morgan fingerprint density at radius 3 is 1.40 bits per heavy atom. The van der Waals surface area contributed by atoms with E-state index < -0.39 is 5.41 Å². The minimum absolute atomic E-state index is 0.181. The van der Waals surface area contributed by atoms with Gasteiger partial charge in [-0.05, 0) is 12.1 Å². The van der Waals surface area contributed by atoms with Crippen LogP contribution in [0.5, 0.6) is 0 Å². The lowest BCUT2D eigenvalue weighted by Crippen LogP contribution is -2.29. The summed E-state index contributed by atoms with van der Waals surface area (Å²) in [6.45, 7) is 1.06. The molecule has 0 aliphatic rings. The van der Waals surface area contributed by atoms with Gasteiger partial charge in [0.25, 0.3) is 0 Å². The molecule has 0 heterocycles. The minimum atomic E-state index is -0.708. The molecular weight excluding hydrogens is 396 g/mol. The molecule has 0 unspecified atom stereocenters. The van der Waals surface area contributed by atoms with Crippen molar-refractivity contribution in [2.75, 3.05) is 19.8 Å². The first-order valence-electron chi connectivity index (χ1n) is 5.59. The maximum Gasteiger partial charge on any atom is 0.151 e. The van der Waals surface area contributed by atoms with Gasteiger partial charge in [-0.1, -0.05) is 38.8 Å². The van der Waals surface area contributed by atoms with Crippen molar-refractivity contribution in [1.82, 2.24) is 0 Å². The maximum atomic E-state index is 10.4. The van der Waals surface area contributed by atoms with E-state index in [0.717, 1.165) is 12.6 Å². The second kappa shape index (κ2) is 9.36. The molecule has 0 amide bonds. The van der Waals surface area contributed by atoms with Gasteiger partial charge in [0, 0.05) is 25.5 Å². The van der Waals surface area contributed by atoms with Crippen LogP contribution in [-0.4, -0.2) is 47.7 Å². The van der Waals surface area contributed by atoms with E-state index in [0.29, 0.717) is 20.1 Å². The van der Waals surface area contributed by atoms with Gasteiger partial charge in [0.15, 0.2) is 12.6 Å². The first-order valence-corrected chi connectivity index (χ1v) is 7.18. The average molecular weight is 412 g/mol. The highest BCUT2D eigenvalue weighted by atomic mass is 79.9. The van der Waals surface area contributed by atoms with E-state index in [2.05, 4.69) is 31.9 Å². The fourth-order valence-electron chi connectivity index (χ4n) is 0.908.